The van der Waals surface area contributed by atoms with E-state index in [4.69, 9.17) is 21.3 Å². The van der Waals surface area contributed by atoms with Crippen LogP contribution in [0, 0.1) is 13.8 Å². The molecule has 6 rings (SSSR count). The van der Waals surface area contributed by atoms with Crippen LogP contribution in [0.2, 0.25) is 5.02 Å². The number of carboxylic acid groups (broad SMARTS) is 1. The Labute approximate surface area is 243 Å². The van der Waals surface area contributed by atoms with Gasteiger partial charge in [-0.1, -0.05) is 41.4 Å². The van der Waals surface area contributed by atoms with Gasteiger partial charge in [0.15, 0.2) is 11.2 Å². The second kappa shape index (κ2) is 9.87. The summed E-state index contributed by atoms with van der Waals surface area (Å²) in [5, 5.41) is 12.8. The predicted molar refractivity (Wildman–Crippen MR) is 162 cm³/mol. The fraction of sp³-hybridized carbons (Fsp3) is 0.419. The van der Waals surface area contributed by atoms with E-state index < -0.39 is 17.7 Å². The van der Waals surface area contributed by atoms with Crippen molar-refractivity contribution >= 4 is 50.6 Å². The normalized spacial score (nSPS) is 16.4. The van der Waals surface area contributed by atoms with Crippen LogP contribution >= 0.6 is 22.9 Å². The highest BCUT2D eigenvalue weighted by atomic mass is 35.5. The van der Waals surface area contributed by atoms with E-state index in [0.717, 1.165) is 75.9 Å². The number of hydrogen-bond donors (Lipinski definition) is 1. The van der Waals surface area contributed by atoms with E-state index in [1.165, 1.54) is 4.88 Å². The zero-order valence-electron chi connectivity index (χ0n) is 23.8. The molecule has 0 saturated carbocycles. The number of rotatable bonds is 5. The molecule has 0 fully saturated rings. The molecular formula is C31H35ClN4O3S. The Hall–Kier alpha value is -2.91. The molecule has 2 aromatic carbocycles. The molecule has 0 saturated heterocycles. The number of halogens is 1. The third-order valence-electron chi connectivity index (χ3n) is 7.76. The van der Waals surface area contributed by atoms with Crippen molar-refractivity contribution in [3.05, 3.63) is 62.7 Å². The topological polar surface area (TPSA) is 70.8 Å². The molecule has 4 heterocycles. The van der Waals surface area contributed by atoms with Crippen LogP contribution in [0.25, 0.3) is 22.0 Å². The van der Waals surface area contributed by atoms with Crippen molar-refractivity contribution < 1.29 is 14.6 Å². The first-order chi connectivity index (χ1) is 18.9. The number of fused-ring (bicyclic) bond motifs is 1. The van der Waals surface area contributed by atoms with Crippen molar-refractivity contribution in [2.75, 3.05) is 25.0 Å². The van der Waals surface area contributed by atoms with Gasteiger partial charge in [-0.15, -0.1) is 11.3 Å². The molecule has 1 N–H and O–H groups in total. The molecule has 2 aliphatic heterocycles. The SMILES string of the molecule is Cc1ccc(-c2c([C@H](OC(C)(C)C)C(=O)O)c(Cl)c3c4c2cc(C)n4CCN3c2nc3c(s2)CCN(C)C3)cc1. The highest BCUT2D eigenvalue weighted by Crippen LogP contribution is 2.52. The molecule has 0 bridgehead atoms. The molecule has 0 radical (unpaired) electrons. The summed E-state index contributed by atoms with van der Waals surface area (Å²) in [7, 11) is 2.12. The molecule has 4 aromatic rings. The summed E-state index contributed by atoms with van der Waals surface area (Å²) < 4.78 is 8.55. The Balaban J connectivity index is 1.66. The summed E-state index contributed by atoms with van der Waals surface area (Å²) in [6.45, 7) is 13.1. The van der Waals surface area contributed by atoms with Crippen LogP contribution in [0.5, 0.6) is 0 Å². The number of aryl methyl sites for hydroxylation is 2. The van der Waals surface area contributed by atoms with Crippen LogP contribution in [0.4, 0.5) is 10.8 Å². The van der Waals surface area contributed by atoms with Crippen molar-refractivity contribution in [3.8, 4) is 11.1 Å². The minimum absolute atomic E-state index is 0.407. The van der Waals surface area contributed by atoms with Crippen LogP contribution in [0.1, 0.15) is 54.3 Å². The minimum atomic E-state index is -1.25. The smallest absolute Gasteiger partial charge is 0.337 e. The molecule has 0 amide bonds. The van der Waals surface area contributed by atoms with Crippen LogP contribution in [0.3, 0.4) is 0 Å². The largest absolute Gasteiger partial charge is 0.479 e. The first-order valence-corrected chi connectivity index (χ1v) is 14.9. The Morgan fingerprint density at radius 3 is 2.55 bits per heavy atom. The van der Waals surface area contributed by atoms with Gasteiger partial charge in [-0.25, -0.2) is 9.78 Å². The molecule has 2 aromatic heterocycles. The molecular weight excluding hydrogens is 544 g/mol. The van der Waals surface area contributed by atoms with E-state index in [2.05, 4.69) is 34.4 Å². The zero-order valence-corrected chi connectivity index (χ0v) is 25.4. The number of hydrogen-bond acceptors (Lipinski definition) is 6. The maximum Gasteiger partial charge on any atom is 0.337 e. The molecule has 1 atom stereocenters. The summed E-state index contributed by atoms with van der Waals surface area (Å²) >= 11 is 9.15. The van der Waals surface area contributed by atoms with Gasteiger partial charge in [0.05, 0.1) is 27.5 Å². The van der Waals surface area contributed by atoms with Gasteiger partial charge in [-0.2, -0.15) is 0 Å². The number of thiazole rings is 1. The summed E-state index contributed by atoms with van der Waals surface area (Å²) in [5.41, 5.74) is 6.69. The van der Waals surface area contributed by atoms with Crippen LogP contribution in [-0.4, -0.2) is 51.3 Å². The zero-order chi connectivity index (χ0) is 28.5. The van der Waals surface area contributed by atoms with E-state index in [9.17, 15) is 9.90 Å². The van der Waals surface area contributed by atoms with E-state index in [0.29, 0.717) is 17.1 Å². The Kier molecular flexibility index (Phi) is 6.73. The van der Waals surface area contributed by atoms with Gasteiger partial charge in [0.1, 0.15) is 0 Å². The lowest BCUT2D eigenvalue weighted by atomic mass is 9.90. The summed E-state index contributed by atoms with van der Waals surface area (Å²) in [5.74, 6) is -1.07. The van der Waals surface area contributed by atoms with E-state index in [1.54, 1.807) is 11.3 Å². The molecule has 40 heavy (non-hydrogen) atoms. The molecule has 0 spiro atoms. The number of benzene rings is 2. The fourth-order valence-corrected chi connectivity index (χ4v) is 7.42. The number of aliphatic carboxylic acids is 1. The highest BCUT2D eigenvalue weighted by Gasteiger charge is 2.38. The number of carbonyl (C=O) groups is 1. The van der Waals surface area contributed by atoms with Gasteiger partial charge in [-0.05, 0) is 65.3 Å². The number of ether oxygens (including phenoxy) is 1. The highest BCUT2D eigenvalue weighted by molar-refractivity contribution is 7.15. The van der Waals surface area contributed by atoms with Crippen molar-refractivity contribution in [1.82, 2.24) is 14.5 Å². The van der Waals surface area contributed by atoms with Crippen LogP contribution in [-0.2, 0) is 29.0 Å². The van der Waals surface area contributed by atoms with Gasteiger partial charge >= 0.3 is 5.97 Å². The summed E-state index contributed by atoms with van der Waals surface area (Å²) in [6, 6.07) is 10.3. The molecule has 0 aliphatic carbocycles. The van der Waals surface area contributed by atoms with Crippen molar-refractivity contribution in [3.63, 3.8) is 0 Å². The fourth-order valence-electron chi connectivity index (χ4n) is 5.94. The van der Waals surface area contributed by atoms with Gasteiger partial charge in [0, 0.05) is 47.7 Å². The van der Waals surface area contributed by atoms with E-state index >= 15 is 0 Å². The van der Waals surface area contributed by atoms with Gasteiger partial charge < -0.3 is 24.2 Å². The number of anilines is 2. The lowest BCUT2D eigenvalue weighted by molar-refractivity contribution is -0.160. The van der Waals surface area contributed by atoms with Gasteiger partial charge in [0.2, 0.25) is 0 Å². The Morgan fingerprint density at radius 1 is 1.15 bits per heavy atom. The van der Waals surface area contributed by atoms with Crippen LogP contribution < -0.4 is 4.90 Å². The first kappa shape index (κ1) is 27.3. The standard InChI is InChI=1S/C31H35ClN4O3S/c1-17-7-9-19(10-8-17)23-20-15-18(2)35-13-14-36(30-33-21-16-34(6)12-11-22(21)40-30)27(26(20)35)25(32)24(23)28(29(37)38)39-31(3,4)5/h7-10,15,28H,11-14,16H2,1-6H3,(H,37,38)/t28-/m0/s1. The number of nitrogens with zero attached hydrogens (tertiary/aromatic N) is 4. The average Bonchev–Trinajstić information content (AvgIpc) is 3.45. The second-order valence-corrected chi connectivity index (χ2v) is 13.4. The quantitative estimate of drug-likeness (QED) is 0.272. The molecule has 9 heteroatoms. The third-order valence-corrected chi connectivity index (χ3v) is 9.33. The van der Waals surface area contributed by atoms with Crippen molar-refractivity contribution in [2.45, 2.75) is 65.8 Å². The number of aromatic nitrogens is 2. The summed E-state index contributed by atoms with van der Waals surface area (Å²) in [4.78, 5) is 23.8. The summed E-state index contributed by atoms with van der Waals surface area (Å²) in [6.07, 6.45) is -0.274. The molecule has 7 nitrogen and oxygen atoms in total. The second-order valence-electron chi connectivity index (χ2n) is 12.0. The number of likely N-dealkylation sites (N-methyl/N-ethyl adjacent to an activating group) is 1. The van der Waals surface area contributed by atoms with E-state index in [1.807, 2.05) is 52.0 Å². The monoisotopic (exact) mass is 578 g/mol. The Bertz CT molecular complexity index is 1630. The lowest BCUT2D eigenvalue weighted by Gasteiger charge is -2.34. The lowest BCUT2D eigenvalue weighted by Crippen LogP contribution is -2.30. The average molecular weight is 579 g/mol. The Morgan fingerprint density at radius 2 is 1.88 bits per heavy atom. The van der Waals surface area contributed by atoms with Crippen molar-refractivity contribution in [1.29, 1.82) is 0 Å². The molecule has 210 valence electrons. The maximum absolute atomic E-state index is 12.9. The van der Waals surface area contributed by atoms with Gasteiger partial charge in [0.25, 0.3) is 0 Å². The van der Waals surface area contributed by atoms with Crippen molar-refractivity contribution in [2.24, 2.45) is 0 Å². The van der Waals surface area contributed by atoms with Gasteiger partial charge in [-0.3, -0.25) is 0 Å². The first-order valence-electron chi connectivity index (χ1n) is 13.7. The third kappa shape index (κ3) is 4.61. The predicted octanol–water partition coefficient (Wildman–Crippen LogP) is 7.12. The minimum Gasteiger partial charge on any atom is -0.479 e. The van der Waals surface area contributed by atoms with Crippen LogP contribution in [0.15, 0.2) is 30.3 Å². The molecule has 0 unspecified atom stereocenters. The maximum atomic E-state index is 12.9. The number of carboxylic acids is 1. The molecule has 2 aliphatic rings. The van der Waals surface area contributed by atoms with E-state index in [-0.39, 0.29) is 0 Å².